The Kier molecular flexibility index (Phi) is 3.20. The highest BCUT2D eigenvalue weighted by atomic mass is 16.5. The van der Waals surface area contributed by atoms with E-state index < -0.39 is 0 Å². The number of carbonyl (C=O) groups excluding carboxylic acids is 1. The van der Waals surface area contributed by atoms with Gasteiger partial charge in [-0.05, 0) is 19.4 Å². The average Bonchev–Trinajstić information content (AvgIpc) is 2.29. The number of carbonyl (C=O) groups is 1. The Hall–Kier alpha value is -1.35. The molecule has 0 aromatic heterocycles. The van der Waals surface area contributed by atoms with Gasteiger partial charge < -0.3 is 9.64 Å². The fraction of sp³-hybridized carbons (Fsp3) is 0.500. The molecule has 0 spiro atoms. The van der Waals surface area contributed by atoms with Crippen LogP contribution >= 0.6 is 0 Å². The first-order chi connectivity index (χ1) is 8.00. The number of hydrogen-bond donors (Lipinski definition) is 0. The maximum absolute atomic E-state index is 11.7. The Labute approximate surface area is 102 Å². The molecule has 1 aliphatic heterocycles. The molecule has 3 nitrogen and oxygen atoms in total. The van der Waals surface area contributed by atoms with Gasteiger partial charge in [-0.2, -0.15) is 0 Å². The number of ether oxygens (including phenoxy) is 1. The van der Waals surface area contributed by atoms with Crippen molar-refractivity contribution in [3.05, 3.63) is 35.9 Å². The van der Waals surface area contributed by atoms with E-state index >= 15 is 0 Å². The third-order valence-corrected chi connectivity index (χ3v) is 3.27. The van der Waals surface area contributed by atoms with E-state index in [9.17, 15) is 4.79 Å². The van der Waals surface area contributed by atoms with Crippen LogP contribution in [0.3, 0.4) is 0 Å². The molecule has 1 aromatic rings. The molecule has 0 N–H and O–H groups in total. The Morgan fingerprint density at radius 3 is 2.59 bits per heavy atom. The van der Waals surface area contributed by atoms with Gasteiger partial charge in [0.05, 0.1) is 18.7 Å². The Bertz CT molecular complexity index is 400. The molecule has 1 atom stereocenters. The van der Waals surface area contributed by atoms with Crippen LogP contribution in [0.1, 0.15) is 32.4 Å². The topological polar surface area (TPSA) is 29.5 Å². The zero-order chi connectivity index (χ0) is 12.5. The van der Waals surface area contributed by atoms with Crippen LogP contribution < -0.4 is 0 Å². The molecule has 1 aromatic carbocycles. The summed E-state index contributed by atoms with van der Waals surface area (Å²) < 4.78 is 5.87. The summed E-state index contributed by atoms with van der Waals surface area (Å²) in [7, 11) is 0. The lowest BCUT2D eigenvalue weighted by Crippen LogP contribution is -2.55. The van der Waals surface area contributed by atoms with E-state index in [1.165, 1.54) is 0 Å². The Balaban J connectivity index is 2.18. The number of benzene rings is 1. The lowest BCUT2D eigenvalue weighted by Gasteiger charge is -2.45. The largest absolute Gasteiger partial charge is 0.369 e. The normalized spacial score (nSPS) is 23.5. The van der Waals surface area contributed by atoms with E-state index in [0.29, 0.717) is 13.2 Å². The minimum Gasteiger partial charge on any atom is -0.369 e. The number of amides is 1. The van der Waals surface area contributed by atoms with E-state index in [4.69, 9.17) is 4.74 Å². The third-order valence-electron chi connectivity index (χ3n) is 3.27. The minimum atomic E-state index is -0.211. The van der Waals surface area contributed by atoms with Crippen molar-refractivity contribution in [1.82, 2.24) is 4.90 Å². The van der Waals surface area contributed by atoms with E-state index in [1.807, 2.05) is 49.1 Å². The van der Waals surface area contributed by atoms with Crippen molar-refractivity contribution >= 4 is 5.91 Å². The standard InChI is InChI=1S/C14H19NO2/c1-11(16)15-9-13(17-10-14(15,2)3)12-7-5-4-6-8-12/h4-8,13H,9-10H2,1-3H3/t13-/m1/s1. The van der Waals surface area contributed by atoms with Gasteiger partial charge in [0.2, 0.25) is 5.91 Å². The molecule has 1 heterocycles. The molecule has 1 saturated heterocycles. The highest BCUT2D eigenvalue weighted by molar-refractivity contribution is 5.74. The molecule has 0 aliphatic carbocycles. The van der Waals surface area contributed by atoms with Crippen molar-refractivity contribution in [2.24, 2.45) is 0 Å². The Morgan fingerprint density at radius 1 is 1.35 bits per heavy atom. The second-order valence-corrected chi connectivity index (χ2v) is 5.15. The number of nitrogens with zero attached hydrogens (tertiary/aromatic N) is 1. The summed E-state index contributed by atoms with van der Waals surface area (Å²) in [5.41, 5.74) is 0.922. The van der Waals surface area contributed by atoms with Gasteiger partial charge in [0.25, 0.3) is 0 Å². The summed E-state index contributed by atoms with van der Waals surface area (Å²) in [6, 6.07) is 10.1. The summed E-state index contributed by atoms with van der Waals surface area (Å²) in [5, 5.41) is 0. The molecule has 0 saturated carbocycles. The quantitative estimate of drug-likeness (QED) is 0.745. The Morgan fingerprint density at radius 2 is 2.00 bits per heavy atom. The van der Waals surface area contributed by atoms with Gasteiger partial charge in [-0.1, -0.05) is 30.3 Å². The smallest absolute Gasteiger partial charge is 0.220 e. The maximum Gasteiger partial charge on any atom is 0.220 e. The van der Waals surface area contributed by atoms with Gasteiger partial charge in [-0.3, -0.25) is 4.79 Å². The van der Waals surface area contributed by atoms with Gasteiger partial charge >= 0.3 is 0 Å². The number of morpholine rings is 1. The first-order valence-corrected chi connectivity index (χ1v) is 5.95. The molecule has 0 bridgehead atoms. The van der Waals surface area contributed by atoms with E-state index in [1.54, 1.807) is 6.92 Å². The predicted molar refractivity (Wildman–Crippen MR) is 66.6 cm³/mol. The third kappa shape index (κ3) is 2.50. The SMILES string of the molecule is CC(=O)N1C[C@H](c2ccccc2)OCC1(C)C. The summed E-state index contributed by atoms with van der Waals surface area (Å²) in [6.07, 6.45) is -0.00637. The molecule has 1 amide bonds. The first-order valence-electron chi connectivity index (χ1n) is 5.95. The van der Waals surface area contributed by atoms with Gasteiger partial charge in [0, 0.05) is 6.92 Å². The van der Waals surface area contributed by atoms with Crippen molar-refractivity contribution in [3.63, 3.8) is 0 Å². The van der Waals surface area contributed by atoms with Gasteiger partial charge in [-0.25, -0.2) is 0 Å². The molecule has 17 heavy (non-hydrogen) atoms. The van der Waals surface area contributed by atoms with Crippen LogP contribution in [0.15, 0.2) is 30.3 Å². The second-order valence-electron chi connectivity index (χ2n) is 5.15. The van der Waals surface area contributed by atoms with Crippen LogP contribution in [0.4, 0.5) is 0 Å². The molecule has 0 radical (unpaired) electrons. The fourth-order valence-corrected chi connectivity index (χ4v) is 2.27. The molecule has 1 aliphatic rings. The lowest BCUT2D eigenvalue weighted by molar-refractivity contribution is -0.152. The number of hydrogen-bond acceptors (Lipinski definition) is 2. The van der Waals surface area contributed by atoms with Crippen LogP contribution in [0.2, 0.25) is 0 Å². The average molecular weight is 233 g/mol. The van der Waals surface area contributed by atoms with E-state index in [-0.39, 0.29) is 17.6 Å². The zero-order valence-corrected chi connectivity index (χ0v) is 10.6. The van der Waals surface area contributed by atoms with Crippen LogP contribution in [0, 0.1) is 0 Å². The predicted octanol–water partition coefficient (Wildman–Crippen LogP) is 2.39. The number of rotatable bonds is 1. The van der Waals surface area contributed by atoms with Gasteiger partial charge in [0.15, 0.2) is 0 Å². The molecule has 3 heteroatoms. The van der Waals surface area contributed by atoms with E-state index in [2.05, 4.69) is 0 Å². The molecule has 1 fully saturated rings. The van der Waals surface area contributed by atoms with Crippen LogP contribution in [-0.2, 0) is 9.53 Å². The zero-order valence-electron chi connectivity index (χ0n) is 10.6. The molecule has 92 valence electrons. The fourth-order valence-electron chi connectivity index (χ4n) is 2.27. The molecular formula is C14H19NO2. The van der Waals surface area contributed by atoms with Crippen molar-refractivity contribution in [3.8, 4) is 0 Å². The van der Waals surface area contributed by atoms with Crippen molar-refractivity contribution in [2.75, 3.05) is 13.2 Å². The summed E-state index contributed by atoms with van der Waals surface area (Å²) >= 11 is 0. The van der Waals surface area contributed by atoms with Crippen molar-refractivity contribution in [2.45, 2.75) is 32.4 Å². The summed E-state index contributed by atoms with van der Waals surface area (Å²) in [6.45, 7) is 6.90. The van der Waals surface area contributed by atoms with Gasteiger partial charge in [0.1, 0.15) is 6.10 Å². The second kappa shape index (κ2) is 4.49. The molecule has 0 unspecified atom stereocenters. The van der Waals surface area contributed by atoms with Gasteiger partial charge in [-0.15, -0.1) is 0 Å². The summed E-state index contributed by atoms with van der Waals surface area (Å²) in [4.78, 5) is 13.6. The summed E-state index contributed by atoms with van der Waals surface area (Å²) in [5.74, 6) is 0.110. The first kappa shape index (κ1) is 12.1. The molecule has 2 rings (SSSR count). The minimum absolute atomic E-state index is 0.00637. The molecular weight excluding hydrogens is 214 g/mol. The van der Waals surface area contributed by atoms with Crippen LogP contribution in [0.5, 0.6) is 0 Å². The van der Waals surface area contributed by atoms with Crippen molar-refractivity contribution in [1.29, 1.82) is 0 Å². The van der Waals surface area contributed by atoms with Crippen molar-refractivity contribution < 1.29 is 9.53 Å². The maximum atomic E-state index is 11.7. The highest BCUT2D eigenvalue weighted by Gasteiger charge is 2.36. The van der Waals surface area contributed by atoms with E-state index in [0.717, 1.165) is 5.56 Å². The highest BCUT2D eigenvalue weighted by Crippen LogP contribution is 2.30. The lowest BCUT2D eigenvalue weighted by atomic mass is 9.98. The monoisotopic (exact) mass is 233 g/mol. The van der Waals surface area contributed by atoms with Crippen LogP contribution in [-0.4, -0.2) is 29.5 Å². The van der Waals surface area contributed by atoms with Crippen LogP contribution in [0.25, 0.3) is 0 Å².